The third-order valence-corrected chi connectivity index (χ3v) is 2.52. The van der Waals surface area contributed by atoms with E-state index in [2.05, 4.69) is 19.2 Å². The molecule has 0 aliphatic heterocycles. The van der Waals surface area contributed by atoms with Crippen LogP contribution in [-0.4, -0.2) is 38.5 Å². The lowest BCUT2D eigenvalue weighted by Crippen LogP contribution is -2.45. The van der Waals surface area contributed by atoms with Crippen molar-refractivity contribution in [2.24, 2.45) is 0 Å². The van der Waals surface area contributed by atoms with Crippen LogP contribution in [0.1, 0.15) is 33.1 Å². The molecule has 0 spiro atoms. The third kappa shape index (κ3) is 4.40. The molecule has 0 aromatic carbocycles. The van der Waals surface area contributed by atoms with Crippen LogP contribution in [0.25, 0.3) is 0 Å². The maximum absolute atomic E-state index is 5.64. The average Bonchev–Trinajstić information content (AvgIpc) is 2.13. The molecule has 1 fully saturated rings. The first-order valence-corrected chi connectivity index (χ1v) is 5.79. The Kier molecular flexibility index (Phi) is 6.15. The maximum Gasteiger partial charge on any atom is 0.0704 e. The molecule has 0 radical (unpaired) electrons. The Morgan fingerprint density at radius 3 is 2.57 bits per heavy atom. The van der Waals surface area contributed by atoms with Gasteiger partial charge in [0, 0.05) is 12.6 Å². The molecule has 0 atom stereocenters. The molecule has 1 aliphatic rings. The third-order valence-electron chi connectivity index (χ3n) is 2.52. The number of hydrogen-bond donors (Lipinski definition) is 1. The summed E-state index contributed by atoms with van der Waals surface area (Å²) in [6.45, 7) is 7.69. The molecule has 3 nitrogen and oxygen atoms in total. The van der Waals surface area contributed by atoms with Gasteiger partial charge in [0.2, 0.25) is 0 Å². The average molecular weight is 201 g/mol. The van der Waals surface area contributed by atoms with Crippen molar-refractivity contribution in [3.8, 4) is 0 Å². The number of ether oxygens (including phenoxy) is 2. The second-order valence-electron chi connectivity index (χ2n) is 3.83. The van der Waals surface area contributed by atoms with Crippen molar-refractivity contribution in [1.82, 2.24) is 5.32 Å². The largest absolute Gasteiger partial charge is 0.379 e. The highest BCUT2D eigenvalue weighted by molar-refractivity contribution is 4.85. The SMILES string of the molecule is CCCOCCOC1CC(NCC)C1. The second-order valence-corrected chi connectivity index (χ2v) is 3.83. The Balaban J connectivity index is 1.81. The molecular weight excluding hydrogens is 178 g/mol. The van der Waals surface area contributed by atoms with Gasteiger partial charge in [-0.3, -0.25) is 0 Å². The molecule has 1 saturated carbocycles. The highest BCUT2D eigenvalue weighted by atomic mass is 16.5. The molecule has 0 aromatic rings. The van der Waals surface area contributed by atoms with Crippen molar-refractivity contribution in [3.05, 3.63) is 0 Å². The van der Waals surface area contributed by atoms with Gasteiger partial charge in [-0.05, 0) is 25.8 Å². The van der Waals surface area contributed by atoms with Crippen molar-refractivity contribution < 1.29 is 9.47 Å². The summed E-state index contributed by atoms with van der Waals surface area (Å²) in [4.78, 5) is 0. The highest BCUT2D eigenvalue weighted by Crippen LogP contribution is 2.22. The van der Waals surface area contributed by atoms with E-state index in [0.29, 0.717) is 12.1 Å². The lowest BCUT2D eigenvalue weighted by atomic mass is 9.89. The lowest BCUT2D eigenvalue weighted by Gasteiger charge is -2.35. The first-order valence-electron chi connectivity index (χ1n) is 5.79. The van der Waals surface area contributed by atoms with Crippen molar-refractivity contribution >= 4 is 0 Å². The first-order chi connectivity index (χ1) is 6.86. The first kappa shape index (κ1) is 12.0. The van der Waals surface area contributed by atoms with Crippen molar-refractivity contribution in [1.29, 1.82) is 0 Å². The summed E-state index contributed by atoms with van der Waals surface area (Å²) in [7, 11) is 0. The quantitative estimate of drug-likeness (QED) is 0.605. The molecule has 1 N–H and O–H groups in total. The predicted octanol–water partition coefficient (Wildman–Crippen LogP) is 1.57. The van der Waals surface area contributed by atoms with Gasteiger partial charge in [0.15, 0.2) is 0 Å². The summed E-state index contributed by atoms with van der Waals surface area (Å²) in [5.74, 6) is 0. The molecule has 3 heteroatoms. The van der Waals surface area contributed by atoms with E-state index in [1.54, 1.807) is 0 Å². The molecule has 0 saturated heterocycles. The number of rotatable bonds is 8. The van der Waals surface area contributed by atoms with Crippen LogP contribution in [0.4, 0.5) is 0 Å². The van der Waals surface area contributed by atoms with E-state index in [1.807, 2.05) is 0 Å². The Morgan fingerprint density at radius 1 is 1.14 bits per heavy atom. The Bertz CT molecular complexity index is 135. The zero-order valence-electron chi connectivity index (χ0n) is 9.42. The van der Waals surface area contributed by atoms with E-state index in [-0.39, 0.29) is 0 Å². The van der Waals surface area contributed by atoms with Gasteiger partial charge in [-0.1, -0.05) is 13.8 Å². The van der Waals surface area contributed by atoms with E-state index in [1.165, 1.54) is 12.8 Å². The fourth-order valence-corrected chi connectivity index (χ4v) is 1.68. The van der Waals surface area contributed by atoms with Crippen LogP contribution in [0.2, 0.25) is 0 Å². The van der Waals surface area contributed by atoms with E-state index < -0.39 is 0 Å². The summed E-state index contributed by atoms with van der Waals surface area (Å²) in [5, 5.41) is 3.41. The normalized spacial score (nSPS) is 26.1. The maximum atomic E-state index is 5.64. The zero-order chi connectivity index (χ0) is 10.2. The van der Waals surface area contributed by atoms with Crippen molar-refractivity contribution in [2.75, 3.05) is 26.4 Å². The van der Waals surface area contributed by atoms with E-state index in [9.17, 15) is 0 Å². The van der Waals surface area contributed by atoms with Gasteiger partial charge in [-0.2, -0.15) is 0 Å². The van der Waals surface area contributed by atoms with E-state index in [4.69, 9.17) is 9.47 Å². The van der Waals surface area contributed by atoms with Gasteiger partial charge in [-0.15, -0.1) is 0 Å². The Hall–Kier alpha value is -0.120. The van der Waals surface area contributed by atoms with Gasteiger partial charge in [-0.25, -0.2) is 0 Å². The number of nitrogens with one attached hydrogen (secondary N) is 1. The molecule has 0 amide bonds. The molecule has 1 aliphatic carbocycles. The van der Waals surface area contributed by atoms with Gasteiger partial charge >= 0.3 is 0 Å². The molecule has 14 heavy (non-hydrogen) atoms. The molecule has 84 valence electrons. The minimum absolute atomic E-state index is 0.476. The van der Waals surface area contributed by atoms with E-state index in [0.717, 1.165) is 32.8 Å². The summed E-state index contributed by atoms with van der Waals surface area (Å²) in [6, 6.07) is 0.696. The van der Waals surface area contributed by atoms with Crippen LogP contribution in [0.3, 0.4) is 0 Å². The standard InChI is InChI=1S/C11H23NO2/c1-3-5-13-6-7-14-11-8-10(9-11)12-4-2/h10-12H,3-9H2,1-2H3. The summed E-state index contributed by atoms with van der Waals surface area (Å²) in [5.41, 5.74) is 0. The number of hydrogen-bond acceptors (Lipinski definition) is 3. The lowest BCUT2D eigenvalue weighted by molar-refractivity contribution is -0.0414. The minimum atomic E-state index is 0.476. The fourth-order valence-electron chi connectivity index (χ4n) is 1.68. The molecule has 0 unspecified atom stereocenters. The molecular formula is C11H23NO2. The predicted molar refractivity (Wildman–Crippen MR) is 57.5 cm³/mol. The Morgan fingerprint density at radius 2 is 1.93 bits per heavy atom. The van der Waals surface area contributed by atoms with Crippen LogP contribution < -0.4 is 5.32 Å². The highest BCUT2D eigenvalue weighted by Gasteiger charge is 2.28. The molecule has 0 aromatic heterocycles. The van der Waals surface area contributed by atoms with Crippen LogP contribution >= 0.6 is 0 Å². The summed E-state index contributed by atoms with van der Waals surface area (Å²) in [6.07, 6.45) is 3.90. The smallest absolute Gasteiger partial charge is 0.0704 e. The van der Waals surface area contributed by atoms with Crippen molar-refractivity contribution in [3.63, 3.8) is 0 Å². The molecule has 0 bridgehead atoms. The van der Waals surface area contributed by atoms with Gasteiger partial charge in [0.05, 0.1) is 19.3 Å². The van der Waals surface area contributed by atoms with Gasteiger partial charge in [0.25, 0.3) is 0 Å². The van der Waals surface area contributed by atoms with Gasteiger partial charge in [0.1, 0.15) is 0 Å². The summed E-state index contributed by atoms with van der Waals surface area (Å²) >= 11 is 0. The summed E-state index contributed by atoms with van der Waals surface area (Å²) < 4.78 is 11.0. The second kappa shape index (κ2) is 7.21. The van der Waals surface area contributed by atoms with E-state index >= 15 is 0 Å². The minimum Gasteiger partial charge on any atom is -0.379 e. The van der Waals surface area contributed by atoms with Gasteiger partial charge < -0.3 is 14.8 Å². The van der Waals surface area contributed by atoms with Crippen LogP contribution in [0.5, 0.6) is 0 Å². The van der Waals surface area contributed by atoms with Crippen molar-refractivity contribution in [2.45, 2.75) is 45.3 Å². The van der Waals surface area contributed by atoms with Crippen LogP contribution in [0.15, 0.2) is 0 Å². The fraction of sp³-hybridized carbons (Fsp3) is 1.00. The Labute approximate surface area is 87.2 Å². The molecule has 1 rings (SSSR count). The molecule has 0 heterocycles. The monoisotopic (exact) mass is 201 g/mol. The van der Waals surface area contributed by atoms with Crippen LogP contribution in [0, 0.1) is 0 Å². The topological polar surface area (TPSA) is 30.5 Å². The van der Waals surface area contributed by atoms with Crippen LogP contribution in [-0.2, 0) is 9.47 Å². The zero-order valence-corrected chi connectivity index (χ0v) is 9.42.